The van der Waals surface area contributed by atoms with Gasteiger partial charge in [0.1, 0.15) is 5.69 Å². The van der Waals surface area contributed by atoms with Crippen LogP contribution in [0.4, 0.5) is 14.5 Å². The number of anilines is 1. The van der Waals surface area contributed by atoms with Crippen LogP contribution in [0.3, 0.4) is 0 Å². The molecule has 7 nitrogen and oxygen atoms in total. The second-order valence-electron chi connectivity index (χ2n) is 6.25. The first-order valence-electron chi connectivity index (χ1n) is 8.21. The summed E-state index contributed by atoms with van der Waals surface area (Å²) in [5, 5.41) is 17.8. The molecule has 0 bridgehead atoms. The Morgan fingerprint density at radius 1 is 1.22 bits per heavy atom. The zero-order valence-corrected chi connectivity index (χ0v) is 14.3. The summed E-state index contributed by atoms with van der Waals surface area (Å²) in [5.74, 6) is -5.02. The second-order valence-corrected chi connectivity index (χ2v) is 6.25. The molecule has 0 radical (unpaired) electrons. The Labute approximate surface area is 152 Å². The van der Waals surface area contributed by atoms with E-state index in [4.69, 9.17) is 0 Å². The maximum absolute atomic E-state index is 14.7. The van der Waals surface area contributed by atoms with E-state index in [1.807, 2.05) is 0 Å². The van der Waals surface area contributed by atoms with Crippen molar-refractivity contribution in [3.05, 3.63) is 65.7 Å². The largest absolute Gasteiger partial charge is 0.389 e. The molecule has 1 aliphatic rings. The van der Waals surface area contributed by atoms with Crippen molar-refractivity contribution in [2.45, 2.75) is 25.5 Å². The van der Waals surface area contributed by atoms with E-state index in [0.717, 1.165) is 4.90 Å². The van der Waals surface area contributed by atoms with Crippen molar-refractivity contribution in [2.24, 2.45) is 0 Å². The quantitative estimate of drug-likeness (QED) is 0.761. The van der Waals surface area contributed by atoms with Crippen molar-refractivity contribution in [3.63, 3.8) is 0 Å². The molecule has 0 saturated heterocycles. The summed E-state index contributed by atoms with van der Waals surface area (Å²) in [5.41, 5.74) is 0.785. The molecule has 1 aromatic carbocycles. The van der Waals surface area contributed by atoms with Crippen molar-refractivity contribution >= 4 is 11.6 Å². The second kappa shape index (κ2) is 6.20. The van der Waals surface area contributed by atoms with E-state index in [0.29, 0.717) is 11.3 Å². The third kappa shape index (κ3) is 2.76. The summed E-state index contributed by atoms with van der Waals surface area (Å²) in [6.07, 6.45) is 4.92. The first-order valence-corrected chi connectivity index (χ1v) is 8.21. The lowest BCUT2D eigenvalue weighted by molar-refractivity contribution is -0.141. The minimum Gasteiger partial charge on any atom is -0.389 e. The number of nitrogens with zero attached hydrogens (tertiary/aromatic N) is 5. The van der Waals surface area contributed by atoms with Gasteiger partial charge in [0, 0.05) is 6.20 Å². The molecule has 0 unspecified atom stereocenters. The molecule has 1 amide bonds. The topological polar surface area (TPSA) is 84.1 Å². The molecule has 2 aromatic heterocycles. The van der Waals surface area contributed by atoms with Gasteiger partial charge < -0.3 is 10.0 Å². The minimum atomic E-state index is -3.70. The number of halogens is 2. The maximum Gasteiger partial charge on any atom is 0.352 e. The number of pyridine rings is 1. The van der Waals surface area contributed by atoms with E-state index in [-0.39, 0.29) is 17.8 Å². The third-order valence-electron chi connectivity index (χ3n) is 4.41. The van der Waals surface area contributed by atoms with Crippen LogP contribution in [0.15, 0.2) is 49.1 Å². The van der Waals surface area contributed by atoms with Gasteiger partial charge in [-0.15, -0.1) is 0 Å². The first-order chi connectivity index (χ1) is 12.9. The van der Waals surface area contributed by atoms with Crippen LogP contribution < -0.4 is 4.90 Å². The molecule has 9 heteroatoms. The number of fused-ring (bicyclic) bond motifs is 1. The van der Waals surface area contributed by atoms with E-state index in [9.17, 15) is 18.7 Å². The molecular formula is C18H15F2N5O2. The smallest absolute Gasteiger partial charge is 0.352 e. The molecule has 138 valence electrons. The summed E-state index contributed by atoms with van der Waals surface area (Å²) >= 11 is 0. The highest BCUT2D eigenvalue weighted by Crippen LogP contribution is 2.47. The highest BCUT2D eigenvalue weighted by Gasteiger charge is 2.54. The Bertz CT molecular complexity index is 1000. The predicted molar refractivity (Wildman–Crippen MR) is 91.3 cm³/mol. The van der Waals surface area contributed by atoms with Crippen LogP contribution in [0, 0.1) is 0 Å². The Balaban J connectivity index is 1.74. The number of aliphatic hydroxyl groups excluding tert-OH is 1. The van der Waals surface area contributed by atoms with Gasteiger partial charge in [-0.1, -0.05) is 12.1 Å². The van der Waals surface area contributed by atoms with Gasteiger partial charge in [0.25, 0.3) is 0 Å². The molecule has 0 saturated carbocycles. The SMILES string of the molecule is C[C@H](O)c1cccc2c1C(F)(F)C(=O)N2Cc1cncc(-n2nccn2)c1. The average Bonchev–Trinajstić information content (AvgIpc) is 3.25. The van der Waals surface area contributed by atoms with Crippen molar-refractivity contribution in [2.75, 3.05) is 4.90 Å². The molecule has 1 aliphatic heterocycles. The Kier molecular flexibility index (Phi) is 3.96. The van der Waals surface area contributed by atoms with Gasteiger partial charge in [0.2, 0.25) is 0 Å². The number of amides is 1. The number of aliphatic hydroxyl groups is 1. The van der Waals surface area contributed by atoms with Gasteiger partial charge in [0.15, 0.2) is 0 Å². The lowest BCUT2D eigenvalue weighted by Crippen LogP contribution is -2.34. The van der Waals surface area contributed by atoms with E-state index in [2.05, 4.69) is 15.2 Å². The number of carbonyl (C=O) groups excluding carboxylic acids is 1. The molecule has 3 aromatic rings. The molecule has 1 N–H and O–H groups in total. The van der Waals surface area contributed by atoms with Gasteiger partial charge in [-0.3, -0.25) is 9.78 Å². The number of hydrogen-bond donors (Lipinski definition) is 1. The van der Waals surface area contributed by atoms with Gasteiger partial charge in [-0.25, -0.2) is 0 Å². The van der Waals surface area contributed by atoms with Crippen LogP contribution >= 0.6 is 0 Å². The van der Waals surface area contributed by atoms with Crippen LogP contribution in [-0.2, 0) is 17.3 Å². The monoisotopic (exact) mass is 371 g/mol. The summed E-state index contributed by atoms with van der Waals surface area (Å²) < 4.78 is 29.3. The summed E-state index contributed by atoms with van der Waals surface area (Å²) in [6, 6.07) is 6.08. The highest BCUT2D eigenvalue weighted by molar-refractivity contribution is 6.06. The van der Waals surface area contributed by atoms with Crippen molar-refractivity contribution in [3.8, 4) is 5.69 Å². The number of hydrogen-bond acceptors (Lipinski definition) is 5. The van der Waals surface area contributed by atoms with Gasteiger partial charge in [-0.2, -0.15) is 23.8 Å². The zero-order chi connectivity index (χ0) is 19.2. The molecule has 27 heavy (non-hydrogen) atoms. The Morgan fingerprint density at radius 2 is 1.96 bits per heavy atom. The Hall–Kier alpha value is -3.20. The summed E-state index contributed by atoms with van der Waals surface area (Å²) in [7, 11) is 0. The zero-order valence-electron chi connectivity index (χ0n) is 14.3. The van der Waals surface area contributed by atoms with E-state index in [1.165, 1.54) is 48.6 Å². The third-order valence-corrected chi connectivity index (χ3v) is 4.41. The highest BCUT2D eigenvalue weighted by atomic mass is 19.3. The fraction of sp³-hybridized carbons (Fsp3) is 0.222. The molecule has 3 heterocycles. The average molecular weight is 371 g/mol. The lowest BCUT2D eigenvalue weighted by atomic mass is 9.98. The van der Waals surface area contributed by atoms with Crippen LogP contribution in [-0.4, -0.2) is 31.0 Å². The Morgan fingerprint density at radius 3 is 2.67 bits per heavy atom. The van der Waals surface area contributed by atoms with Crippen LogP contribution in [0.25, 0.3) is 5.69 Å². The van der Waals surface area contributed by atoms with Crippen molar-refractivity contribution < 1.29 is 18.7 Å². The van der Waals surface area contributed by atoms with E-state index >= 15 is 0 Å². The number of aromatic nitrogens is 4. The number of benzene rings is 1. The van der Waals surface area contributed by atoms with Crippen LogP contribution in [0.1, 0.15) is 29.7 Å². The lowest BCUT2D eigenvalue weighted by Gasteiger charge is -2.18. The van der Waals surface area contributed by atoms with Gasteiger partial charge >= 0.3 is 11.8 Å². The predicted octanol–water partition coefficient (Wildman–Crippen LogP) is 2.35. The molecular weight excluding hydrogens is 356 g/mol. The molecule has 0 aliphatic carbocycles. The summed E-state index contributed by atoms with van der Waals surface area (Å²) in [4.78, 5) is 18.9. The minimum absolute atomic E-state index is 0.0426. The van der Waals surface area contributed by atoms with Gasteiger partial charge in [-0.05, 0) is 30.2 Å². The van der Waals surface area contributed by atoms with Crippen LogP contribution in [0.5, 0.6) is 0 Å². The first kappa shape index (κ1) is 17.2. The van der Waals surface area contributed by atoms with E-state index < -0.39 is 23.5 Å². The molecule has 0 fully saturated rings. The number of alkyl halides is 2. The van der Waals surface area contributed by atoms with Crippen molar-refractivity contribution in [1.29, 1.82) is 0 Å². The molecule has 0 spiro atoms. The molecule has 4 rings (SSSR count). The number of rotatable bonds is 4. The normalized spacial score (nSPS) is 16.4. The van der Waals surface area contributed by atoms with Crippen LogP contribution in [0.2, 0.25) is 0 Å². The number of carbonyl (C=O) groups is 1. The molecule has 1 atom stereocenters. The summed E-state index contributed by atoms with van der Waals surface area (Å²) in [6.45, 7) is 1.30. The van der Waals surface area contributed by atoms with Gasteiger partial charge in [0.05, 0.1) is 42.5 Å². The fourth-order valence-electron chi connectivity index (χ4n) is 3.22. The van der Waals surface area contributed by atoms with E-state index in [1.54, 1.807) is 12.1 Å². The maximum atomic E-state index is 14.7. The van der Waals surface area contributed by atoms with Crippen molar-refractivity contribution in [1.82, 2.24) is 20.0 Å². The fourth-order valence-corrected chi connectivity index (χ4v) is 3.22. The standard InChI is InChI=1S/C18H15F2N5O2/c1-11(26)14-3-2-4-15-16(14)18(19,20)17(27)24(15)10-12-7-13(9-21-8-12)25-22-5-6-23-25/h2-9,11,26H,10H2,1H3/t11-/m0/s1.